The quantitative estimate of drug-likeness (QED) is 0.942. The van der Waals surface area contributed by atoms with Crippen LogP contribution >= 0.6 is 15.9 Å². The van der Waals surface area contributed by atoms with E-state index < -0.39 is 5.97 Å². The molecule has 2 heterocycles. The van der Waals surface area contributed by atoms with E-state index in [0.717, 1.165) is 21.6 Å². The Balaban J connectivity index is 2.43. The molecule has 5 nitrogen and oxygen atoms in total. The number of hydrogen-bond acceptors (Lipinski definition) is 3. The molecule has 0 aliphatic carbocycles. The van der Waals surface area contributed by atoms with Crippen molar-refractivity contribution in [1.82, 2.24) is 14.6 Å². The molecular weight excluding hydrogens is 310 g/mol. The lowest BCUT2D eigenvalue weighted by Gasteiger charge is -2.17. The molecule has 2 aromatic rings. The Bertz CT molecular complexity index is 629. The van der Waals surface area contributed by atoms with Crippen molar-refractivity contribution < 1.29 is 9.90 Å². The molecular formula is C13H16BrN3O2. The molecule has 0 aromatic carbocycles. The van der Waals surface area contributed by atoms with Crippen molar-refractivity contribution in [3.63, 3.8) is 0 Å². The van der Waals surface area contributed by atoms with E-state index >= 15 is 0 Å². The second-order valence-corrected chi connectivity index (χ2v) is 6.23. The lowest BCUT2D eigenvalue weighted by Crippen LogP contribution is -2.15. The normalized spacial score (nSPS) is 12.0. The van der Waals surface area contributed by atoms with Crippen LogP contribution in [-0.2, 0) is 16.6 Å². The SMILES string of the molecule is CC(C)(C)c1ccc2nc(CCC(=O)O)c(Br)n2n1. The number of hydrogen-bond donors (Lipinski definition) is 1. The lowest BCUT2D eigenvalue weighted by molar-refractivity contribution is -0.136. The van der Waals surface area contributed by atoms with Gasteiger partial charge in [0.25, 0.3) is 0 Å². The second kappa shape index (κ2) is 4.92. The van der Waals surface area contributed by atoms with E-state index in [4.69, 9.17) is 5.11 Å². The van der Waals surface area contributed by atoms with Crippen LogP contribution < -0.4 is 0 Å². The fraction of sp³-hybridized carbons (Fsp3) is 0.462. The van der Waals surface area contributed by atoms with Crippen molar-refractivity contribution in [2.24, 2.45) is 0 Å². The molecule has 2 aromatic heterocycles. The van der Waals surface area contributed by atoms with Gasteiger partial charge in [0, 0.05) is 11.8 Å². The summed E-state index contributed by atoms with van der Waals surface area (Å²) in [6, 6.07) is 3.86. The number of carboxylic acid groups (broad SMARTS) is 1. The highest BCUT2D eigenvalue weighted by Crippen LogP contribution is 2.24. The second-order valence-electron chi connectivity index (χ2n) is 5.48. The van der Waals surface area contributed by atoms with Gasteiger partial charge in [-0.15, -0.1) is 0 Å². The highest BCUT2D eigenvalue weighted by molar-refractivity contribution is 9.10. The van der Waals surface area contributed by atoms with Gasteiger partial charge in [0.2, 0.25) is 0 Å². The maximum Gasteiger partial charge on any atom is 0.303 e. The van der Waals surface area contributed by atoms with Gasteiger partial charge in [-0.1, -0.05) is 20.8 Å². The van der Waals surface area contributed by atoms with Gasteiger partial charge in [-0.2, -0.15) is 5.10 Å². The Hall–Kier alpha value is -1.43. The minimum atomic E-state index is -0.827. The topological polar surface area (TPSA) is 67.5 Å². The minimum absolute atomic E-state index is 0.0425. The highest BCUT2D eigenvalue weighted by atomic mass is 79.9. The number of aromatic nitrogens is 3. The van der Waals surface area contributed by atoms with Crippen LogP contribution in [0.5, 0.6) is 0 Å². The molecule has 0 amide bonds. The van der Waals surface area contributed by atoms with Gasteiger partial charge in [-0.25, -0.2) is 9.50 Å². The molecule has 0 saturated carbocycles. The van der Waals surface area contributed by atoms with Gasteiger partial charge >= 0.3 is 5.97 Å². The molecule has 6 heteroatoms. The zero-order valence-electron chi connectivity index (χ0n) is 11.1. The van der Waals surface area contributed by atoms with E-state index in [-0.39, 0.29) is 11.8 Å². The summed E-state index contributed by atoms with van der Waals surface area (Å²) in [6.45, 7) is 6.28. The molecule has 0 spiro atoms. The molecule has 0 aliphatic rings. The van der Waals surface area contributed by atoms with Crippen molar-refractivity contribution in [3.05, 3.63) is 28.1 Å². The summed E-state index contributed by atoms with van der Waals surface area (Å²) in [7, 11) is 0. The molecule has 0 bridgehead atoms. The summed E-state index contributed by atoms with van der Waals surface area (Å²) >= 11 is 3.45. The smallest absolute Gasteiger partial charge is 0.303 e. The van der Waals surface area contributed by atoms with Crippen LogP contribution in [0.1, 0.15) is 38.6 Å². The molecule has 0 atom stereocenters. The highest BCUT2D eigenvalue weighted by Gasteiger charge is 2.18. The largest absolute Gasteiger partial charge is 0.481 e. The predicted octanol–water partition coefficient (Wildman–Crippen LogP) is 2.81. The Morgan fingerprint density at radius 1 is 1.42 bits per heavy atom. The summed E-state index contributed by atoms with van der Waals surface area (Å²) < 4.78 is 2.45. The number of aryl methyl sites for hydroxylation is 1. The number of carboxylic acids is 1. The van der Waals surface area contributed by atoms with E-state index in [1.54, 1.807) is 4.52 Å². The number of halogens is 1. The van der Waals surface area contributed by atoms with E-state index in [2.05, 4.69) is 46.8 Å². The Morgan fingerprint density at radius 2 is 2.11 bits per heavy atom. The maximum absolute atomic E-state index is 10.6. The average Bonchev–Trinajstić information content (AvgIpc) is 2.62. The average molecular weight is 326 g/mol. The summed E-state index contributed by atoms with van der Waals surface area (Å²) in [6.07, 6.45) is 0.457. The van der Waals surface area contributed by atoms with Gasteiger partial charge in [-0.05, 0) is 28.1 Å². The minimum Gasteiger partial charge on any atom is -0.481 e. The van der Waals surface area contributed by atoms with Crippen molar-refractivity contribution >= 4 is 27.5 Å². The molecule has 0 saturated heterocycles. The lowest BCUT2D eigenvalue weighted by atomic mass is 9.92. The number of nitrogens with zero attached hydrogens (tertiary/aromatic N) is 3. The Labute approximate surface area is 119 Å². The summed E-state index contributed by atoms with van der Waals surface area (Å²) in [5, 5.41) is 13.3. The van der Waals surface area contributed by atoms with E-state index in [1.165, 1.54) is 0 Å². The summed E-state index contributed by atoms with van der Waals surface area (Å²) in [4.78, 5) is 15.0. The molecule has 0 fully saturated rings. The van der Waals surface area contributed by atoms with Gasteiger partial charge < -0.3 is 5.11 Å². The van der Waals surface area contributed by atoms with Crippen molar-refractivity contribution in [2.75, 3.05) is 0 Å². The van der Waals surface area contributed by atoms with E-state index in [0.29, 0.717) is 6.42 Å². The number of rotatable bonds is 3. The fourth-order valence-corrected chi connectivity index (χ4v) is 2.28. The van der Waals surface area contributed by atoms with Crippen LogP contribution in [0.4, 0.5) is 0 Å². The standard InChI is InChI=1S/C13H16BrN3O2/c1-13(2,3)9-5-6-10-15-8(4-7-11(18)19)12(14)17(10)16-9/h5-6H,4,7H2,1-3H3,(H,18,19). The van der Waals surface area contributed by atoms with Gasteiger partial charge in [0.05, 0.1) is 17.8 Å². The molecule has 0 aliphatic heterocycles. The molecule has 102 valence electrons. The van der Waals surface area contributed by atoms with Gasteiger partial charge in [0.15, 0.2) is 5.65 Å². The van der Waals surface area contributed by atoms with Crippen LogP contribution in [0.25, 0.3) is 5.65 Å². The Kier molecular flexibility index (Phi) is 3.62. The third kappa shape index (κ3) is 2.94. The van der Waals surface area contributed by atoms with E-state index in [1.807, 2.05) is 12.1 Å². The number of aliphatic carboxylic acids is 1. The van der Waals surface area contributed by atoms with Gasteiger partial charge in [0.1, 0.15) is 4.60 Å². The zero-order chi connectivity index (χ0) is 14.2. The maximum atomic E-state index is 10.6. The first-order valence-corrected chi connectivity index (χ1v) is 6.85. The van der Waals surface area contributed by atoms with Gasteiger partial charge in [-0.3, -0.25) is 4.79 Å². The third-order valence-electron chi connectivity index (χ3n) is 2.83. The molecule has 19 heavy (non-hydrogen) atoms. The van der Waals surface area contributed by atoms with Crippen LogP contribution in [-0.4, -0.2) is 25.7 Å². The predicted molar refractivity (Wildman–Crippen MR) is 75.3 cm³/mol. The molecule has 1 N–H and O–H groups in total. The van der Waals surface area contributed by atoms with Crippen molar-refractivity contribution in [3.8, 4) is 0 Å². The summed E-state index contributed by atoms with van der Waals surface area (Å²) in [5.74, 6) is -0.827. The van der Waals surface area contributed by atoms with E-state index in [9.17, 15) is 4.79 Å². The van der Waals surface area contributed by atoms with Crippen LogP contribution in [0.3, 0.4) is 0 Å². The monoisotopic (exact) mass is 325 g/mol. The zero-order valence-corrected chi connectivity index (χ0v) is 12.7. The number of carbonyl (C=O) groups is 1. The van der Waals surface area contributed by atoms with Crippen molar-refractivity contribution in [2.45, 2.75) is 39.0 Å². The molecule has 0 unspecified atom stereocenters. The summed E-state index contributed by atoms with van der Waals surface area (Å²) in [5.41, 5.74) is 2.36. The fourth-order valence-electron chi connectivity index (χ4n) is 1.74. The van der Waals surface area contributed by atoms with Crippen LogP contribution in [0.15, 0.2) is 16.7 Å². The third-order valence-corrected chi connectivity index (χ3v) is 3.63. The number of imidazole rings is 1. The van der Waals surface area contributed by atoms with Crippen LogP contribution in [0, 0.1) is 0 Å². The Morgan fingerprint density at radius 3 is 2.68 bits per heavy atom. The molecule has 2 rings (SSSR count). The van der Waals surface area contributed by atoms with Crippen molar-refractivity contribution in [1.29, 1.82) is 0 Å². The van der Waals surface area contributed by atoms with Crippen LogP contribution in [0.2, 0.25) is 0 Å². The first kappa shape index (κ1) is 14.0. The first-order valence-electron chi connectivity index (χ1n) is 6.05. The molecule has 0 radical (unpaired) electrons. The number of fused-ring (bicyclic) bond motifs is 1. The first-order chi connectivity index (χ1) is 8.79.